The van der Waals surface area contributed by atoms with Crippen LogP contribution in [0.1, 0.15) is 36.9 Å². The molecule has 1 saturated heterocycles. The Labute approximate surface area is 175 Å². The third-order valence-electron chi connectivity index (χ3n) is 5.11. The first-order chi connectivity index (χ1) is 13.3. The Balaban J connectivity index is 1.54. The van der Waals surface area contributed by atoms with E-state index in [1.807, 2.05) is 61.5 Å². The highest BCUT2D eigenvalue weighted by atomic mass is 79.9. The van der Waals surface area contributed by atoms with Crippen LogP contribution < -0.4 is 5.32 Å². The zero-order valence-electron chi connectivity index (χ0n) is 15.8. The molecular formula is C21H25BrN2O3S. The second-order valence-corrected chi connectivity index (χ2v) is 10.1. The van der Waals surface area contributed by atoms with Gasteiger partial charge in [-0.25, -0.2) is 12.7 Å². The molecule has 0 saturated carbocycles. The number of amides is 1. The third kappa shape index (κ3) is 5.43. The molecule has 1 fully saturated rings. The molecular weight excluding hydrogens is 440 g/mol. The zero-order valence-corrected chi connectivity index (χ0v) is 18.2. The molecule has 7 heteroatoms. The Morgan fingerprint density at radius 1 is 1.14 bits per heavy atom. The Morgan fingerprint density at radius 3 is 2.46 bits per heavy atom. The number of rotatable bonds is 6. The molecule has 28 heavy (non-hydrogen) atoms. The van der Waals surface area contributed by atoms with Crippen molar-refractivity contribution in [2.45, 2.75) is 31.6 Å². The second kappa shape index (κ2) is 9.20. The van der Waals surface area contributed by atoms with Gasteiger partial charge in [-0.1, -0.05) is 58.4 Å². The van der Waals surface area contributed by atoms with Gasteiger partial charge in [0, 0.05) is 23.5 Å². The minimum Gasteiger partial charge on any atom is -0.349 e. The number of hydrogen-bond donors (Lipinski definition) is 1. The van der Waals surface area contributed by atoms with Crippen LogP contribution in [0.25, 0.3) is 0 Å². The first-order valence-corrected chi connectivity index (χ1v) is 11.8. The molecule has 1 aliphatic rings. The molecule has 0 aliphatic carbocycles. The van der Waals surface area contributed by atoms with E-state index >= 15 is 0 Å². The third-order valence-corrected chi connectivity index (χ3v) is 7.46. The number of sulfonamides is 1. The van der Waals surface area contributed by atoms with Crippen LogP contribution in [0, 0.1) is 5.92 Å². The lowest BCUT2D eigenvalue weighted by Crippen LogP contribution is -2.43. The summed E-state index contributed by atoms with van der Waals surface area (Å²) in [7, 11) is -3.39. The number of carbonyl (C=O) groups excluding carboxylic acids is 1. The summed E-state index contributed by atoms with van der Waals surface area (Å²) in [5, 5.41) is 3.05. The van der Waals surface area contributed by atoms with E-state index in [2.05, 4.69) is 21.2 Å². The summed E-state index contributed by atoms with van der Waals surface area (Å²) in [5.74, 6) is -0.169. The van der Waals surface area contributed by atoms with E-state index in [-0.39, 0.29) is 23.6 Å². The van der Waals surface area contributed by atoms with Crippen molar-refractivity contribution in [2.24, 2.45) is 5.92 Å². The lowest BCUT2D eigenvalue weighted by Gasteiger charge is -2.31. The molecule has 150 valence electrons. The van der Waals surface area contributed by atoms with Crippen LogP contribution >= 0.6 is 15.9 Å². The first-order valence-electron chi connectivity index (χ1n) is 9.43. The smallest absolute Gasteiger partial charge is 0.223 e. The SMILES string of the molecule is C[C@@H](NC(=O)C1CCN(S(=O)(=O)Cc2cccc(Br)c2)CC1)c1ccccc1. The summed E-state index contributed by atoms with van der Waals surface area (Å²) in [6.07, 6.45) is 1.09. The molecule has 2 aromatic carbocycles. The zero-order chi connectivity index (χ0) is 20.1. The van der Waals surface area contributed by atoms with E-state index in [4.69, 9.17) is 0 Å². The van der Waals surface area contributed by atoms with Gasteiger partial charge in [-0.3, -0.25) is 4.79 Å². The molecule has 2 aromatic rings. The van der Waals surface area contributed by atoms with Crippen molar-refractivity contribution in [2.75, 3.05) is 13.1 Å². The van der Waals surface area contributed by atoms with Crippen molar-refractivity contribution in [1.29, 1.82) is 0 Å². The van der Waals surface area contributed by atoms with Gasteiger partial charge in [0.15, 0.2) is 0 Å². The van der Waals surface area contributed by atoms with Gasteiger partial charge >= 0.3 is 0 Å². The predicted octanol–water partition coefficient (Wildman–Crippen LogP) is 3.87. The quantitative estimate of drug-likeness (QED) is 0.705. The number of hydrogen-bond acceptors (Lipinski definition) is 3. The van der Waals surface area contributed by atoms with Crippen LogP contribution in [0.3, 0.4) is 0 Å². The minimum atomic E-state index is -3.39. The maximum atomic E-state index is 12.7. The average Bonchev–Trinajstić information content (AvgIpc) is 2.68. The van der Waals surface area contributed by atoms with E-state index in [0.29, 0.717) is 25.9 Å². The van der Waals surface area contributed by atoms with Gasteiger partial charge in [-0.15, -0.1) is 0 Å². The van der Waals surface area contributed by atoms with Crippen molar-refractivity contribution in [3.05, 3.63) is 70.2 Å². The Morgan fingerprint density at radius 2 is 1.82 bits per heavy atom. The van der Waals surface area contributed by atoms with Crippen LogP contribution in [-0.4, -0.2) is 31.7 Å². The molecule has 0 spiro atoms. The highest BCUT2D eigenvalue weighted by Gasteiger charge is 2.31. The Hall–Kier alpha value is -1.70. The number of halogens is 1. The van der Waals surface area contributed by atoms with Crippen LogP contribution in [0.5, 0.6) is 0 Å². The van der Waals surface area contributed by atoms with E-state index in [9.17, 15) is 13.2 Å². The number of benzene rings is 2. The molecule has 0 bridgehead atoms. The van der Waals surface area contributed by atoms with E-state index in [1.165, 1.54) is 4.31 Å². The molecule has 1 aliphatic heterocycles. The molecule has 0 unspecified atom stereocenters. The normalized spacial score (nSPS) is 17.2. The van der Waals surface area contributed by atoms with Gasteiger partial charge in [0.05, 0.1) is 11.8 Å². The number of carbonyl (C=O) groups is 1. The molecule has 0 aromatic heterocycles. The summed E-state index contributed by atoms with van der Waals surface area (Å²) < 4.78 is 27.8. The predicted molar refractivity (Wildman–Crippen MR) is 114 cm³/mol. The van der Waals surface area contributed by atoms with Crippen LogP contribution in [0.15, 0.2) is 59.1 Å². The number of nitrogens with one attached hydrogen (secondary N) is 1. The molecule has 0 radical (unpaired) electrons. The molecule has 1 atom stereocenters. The highest BCUT2D eigenvalue weighted by Crippen LogP contribution is 2.24. The fourth-order valence-corrected chi connectivity index (χ4v) is 5.48. The lowest BCUT2D eigenvalue weighted by molar-refractivity contribution is -0.126. The molecule has 3 rings (SSSR count). The van der Waals surface area contributed by atoms with Gasteiger partial charge in [0.1, 0.15) is 0 Å². The van der Waals surface area contributed by atoms with E-state index < -0.39 is 10.0 Å². The fraction of sp³-hybridized carbons (Fsp3) is 0.381. The standard InChI is InChI=1S/C21H25BrN2O3S/c1-16(18-7-3-2-4-8-18)23-21(25)19-10-12-24(13-11-19)28(26,27)15-17-6-5-9-20(22)14-17/h2-9,14,16,19H,10-13,15H2,1H3,(H,23,25)/t16-/m1/s1. The van der Waals surface area contributed by atoms with Gasteiger partial charge in [0.25, 0.3) is 0 Å². The number of piperidine rings is 1. The van der Waals surface area contributed by atoms with Crippen LogP contribution in [-0.2, 0) is 20.6 Å². The average molecular weight is 465 g/mol. The van der Waals surface area contributed by atoms with Gasteiger partial charge in [-0.05, 0) is 43.0 Å². The topological polar surface area (TPSA) is 66.5 Å². The summed E-state index contributed by atoms with van der Waals surface area (Å²) >= 11 is 3.37. The lowest BCUT2D eigenvalue weighted by atomic mass is 9.96. The summed E-state index contributed by atoms with van der Waals surface area (Å²) in [6.45, 7) is 2.73. The van der Waals surface area contributed by atoms with Gasteiger partial charge in [-0.2, -0.15) is 0 Å². The monoisotopic (exact) mass is 464 g/mol. The minimum absolute atomic E-state index is 0.000362. The van der Waals surface area contributed by atoms with Gasteiger partial charge < -0.3 is 5.32 Å². The Bertz CT molecular complexity index is 910. The molecule has 5 nitrogen and oxygen atoms in total. The van der Waals surface area contributed by atoms with Crippen molar-refractivity contribution in [1.82, 2.24) is 9.62 Å². The molecule has 1 amide bonds. The van der Waals surface area contributed by atoms with Crippen LogP contribution in [0.4, 0.5) is 0 Å². The summed E-state index contributed by atoms with van der Waals surface area (Å²) in [5.41, 5.74) is 1.82. The maximum absolute atomic E-state index is 12.7. The first kappa shape index (κ1) is 21.0. The van der Waals surface area contributed by atoms with Crippen molar-refractivity contribution >= 4 is 31.9 Å². The Kier molecular flexibility index (Phi) is 6.91. The summed E-state index contributed by atoms with van der Waals surface area (Å²) in [4.78, 5) is 12.6. The molecule has 1 N–H and O–H groups in total. The number of nitrogens with zero attached hydrogens (tertiary/aromatic N) is 1. The highest BCUT2D eigenvalue weighted by molar-refractivity contribution is 9.10. The fourth-order valence-electron chi connectivity index (χ4n) is 3.48. The van der Waals surface area contributed by atoms with E-state index in [1.54, 1.807) is 0 Å². The van der Waals surface area contributed by atoms with Crippen molar-refractivity contribution < 1.29 is 13.2 Å². The second-order valence-electron chi connectivity index (χ2n) is 7.20. The van der Waals surface area contributed by atoms with Crippen molar-refractivity contribution in [3.63, 3.8) is 0 Å². The van der Waals surface area contributed by atoms with E-state index in [0.717, 1.165) is 15.6 Å². The van der Waals surface area contributed by atoms with Crippen molar-refractivity contribution in [3.8, 4) is 0 Å². The van der Waals surface area contributed by atoms with Gasteiger partial charge in [0.2, 0.25) is 15.9 Å². The summed E-state index contributed by atoms with van der Waals surface area (Å²) in [6, 6.07) is 17.1. The largest absolute Gasteiger partial charge is 0.349 e. The molecule has 1 heterocycles. The maximum Gasteiger partial charge on any atom is 0.223 e. The van der Waals surface area contributed by atoms with Crippen LogP contribution in [0.2, 0.25) is 0 Å².